The second-order valence-corrected chi connectivity index (χ2v) is 5.59. The predicted molar refractivity (Wildman–Crippen MR) is 79.6 cm³/mol. The number of aliphatic hydroxyl groups excluding tert-OH is 1. The molecular weight excluding hydrogens is 276 g/mol. The third-order valence-electron chi connectivity index (χ3n) is 3.29. The summed E-state index contributed by atoms with van der Waals surface area (Å²) in [5.74, 6) is 0.0845. The quantitative estimate of drug-likeness (QED) is 0.748. The first-order valence-corrected chi connectivity index (χ1v) is 7.37. The third kappa shape index (κ3) is 3.05. The Hall–Kier alpha value is -1.73. The molecule has 2 aromatic heterocycles. The first kappa shape index (κ1) is 14.7. The molecule has 0 aromatic carbocycles. The lowest BCUT2D eigenvalue weighted by atomic mass is 10.0. The number of nitrogen functional groups attached to an aromatic ring is 1. The van der Waals surface area contributed by atoms with E-state index in [0.717, 1.165) is 11.8 Å². The van der Waals surface area contributed by atoms with Crippen molar-refractivity contribution in [2.75, 3.05) is 18.9 Å². The van der Waals surface area contributed by atoms with Crippen LogP contribution in [0, 0.1) is 5.92 Å². The fourth-order valence-corrected chi connectivity index (χ4v) is 2.95. The average molecular weight is 294 g/mol. The van der Waals surface area contributed by atoms with Crippen LogP contribution in [0.4, 0.5) is 5.69 Å². The van der Waals surface area contributed by atoms with Gasteiger partial charge in [-0.3, -0.25) is 4.79 Å². The second kappa shape index (κ2) is 6.62. The number of hydrogen-bond donors (Lipinski definition) is 3. The van der Waals surface area contributed by atoms with Crippen molar-refractivity contribution in [2.24, 2.45) is 5.92 Å². The summed E-state index contributed by atoms with van der Waals surface area (Å²) in [6.07, 6.45) is 3.15. The summed E-state index contributed by atoms with van der Waals surface area (Å²) in [6, 6.07) is 1.76. The molecule has 0 aliphatic heterocycles. The Morgan fingerprint density at radius 3 is 3.05 bits per heavy atom. The van der Waals surface area contributed by atoms with E-state index in [1.165, 1.54) is 11.3 Å². The number of nitrogens with zero attached hydrogens (tertiary/aromatic N) is 2. The standard InChI is InChI=1S/C13H18N4O2S/c1-2-8(4-6-18)7-15-12(19)11-10(14)9-3-5-16-17-13(9)20-11/h3,5,8,18H,2,4,6-7,14H2,1H3,(H,15,19). The molecule has 1 unspecified atom stereocenters. The Labute approximate surface area is 121 Å². The highest BCUT2D eigenvalue weighted by molar-refractivity contribution is 7.21. The van der Waals surface area contributed by atoms with Gasteiger partial charge in [-0.25, -0.2) is 0 Å². The molecule has 6 nitrogen and oxygen atoms in total. The van der Waals surface area contributed by atoms with Crippen LogP contribution < -0.4 is 11.1 Å². The van der Waals surface area contributed by atoms with Crippen LogP contribution >= 0.6 is 11.3 Å². The minimum absolute atomic E-state index is 0.134. The smallest absolute Gasteiger partial charge is 0.263 e. The maximum absolute atomic E-state index is 12.2. The van der Waals surface area contributed by atoms with Crippen LogP contribution in [0.1, 0.15) is 29.4 Å². The Bertz CT molecular complexity index is 599. The summed E-state index contributed by atoms with van der Waals surface area (Å²) in [7, 11) is 0. The lowest BCUT2D eigenvalue weighted by molar-refractivity contribution is 0.0948. The molecule has 7 heteroatoms. The number of carbonyl (C=O) groups excluding carboxylic acids is 1. The van der Waals surface area contributed by atoms with Crippen molar-refractivity contribution >= 4 is 33.1 Å². The zero-order valence-corrected chi connectivity index (χ0v) is 12.1. The molecule has 108 valence electrons. The number of rotatable bonds is 6. The van der Waals surface area contributed by atoms with Gasteiger partial charge in [-0.05, 0) is 18.4 Å². The van der Waals surface area contributed by atoms with E-state index in [1.807, 2.05) is 6.92 Å². The van der Waals surface area contributed by atoms with Gasteiger partial charge in [-0.2, -0.15) is 5.10 Å². The van der Waals surface area contributed by atoms with Gasteiger partial charge in [0.25, 0.3) is 5.91 Å². The van der Waals surface area contributed by atoms with Gasteiger partial charge in [0.05, 0.1) is 11.9 Å². The molecule has 2 heterocycles. The van der Waals surface area contributed by atoms with Crippen molar-refractivity contribution in [3.05, 3.63) is 17.1 Å². The Kier molecular flexibility index (Phi) is 4.86. The molecule has 1 atom stereocenters. The lowest BCUT2D eigenvalue weighted by Crippen LogP contribution is -2.29. The van der Waals surface area contributed by atoms with Crippen LogP contribution in [0.5, 0.6) is 0 Å². The first-order valence-electron chi connectivity index (χ1n) is 6.56. The lowest BCUT2D eigenvalue weighted by Gasteiger charge is -2.13. The number of aromatic nitrogens is 2. The van der Waals surface area contributed by atoms with E-state index in [-0.39, 0.29) is 18.4 Å². The van der Waals surface area contributed by atoms with E-state index < -0.39 is 0 Å². The Morgan fingerprint density at radius 1 is 1.60 bits per heavy atom. The number of nitrogens with one attached hydrogen (secondary N) is 1. The van der Waals surface area contributed by atoms with Gasteiger partial charge in [0, 0.05) is 18.5 Å². The van der Waals surface area contributed by atoms with E-state index in [1.54, 1.807) is 12.3 Å². The highest BCUT2D eigenvalue weighted by Gasteiger charge is 2.17. The molecule has 0 saturated carbocycles. The van der Waals surface area contributed by atoms with Gasteiger partial charge >= 0.3 is 0 Å². The van der Waals surface area contributed by atoms with Crippen LogP contribution in [0.3, 0.4) is 0 Å². The van der Waals surface area contributed by atoms with E-state index in [2.05, 4.69) is 15.5 Å². The molecule has 0 aliphatic rings. The summed E-state index contributed by atoms with van der Waals surface area (Å²) in [5.41, 5.74) is 6.43. The molecule has 2 aromatic rings. The van der Waals surface area contributed by atoms with E-state index in [0.29, 0.717) is 28.4 Å². The molecule has 4 N–H and O–H groups in total. The molecule has 0 bridgehead atoms. The maximum Gasteiger partial charge on any atom is 0.263 e. The monoisotopic (exact) mass is 294 g/mol. The van der Waals surface area contributed by atoms with Gasteiger partial charge in [0.2, 0.25) is 0 Å². The average Bonchev–Trinajstić information content (AvgIpc) is 2.81. The summed E-state index contributed by atoms with van der Waals surface area (Å²) < 4.78 is 0. The highest BCUT2D eigenvalue weighted by Crippen LogP contribution is 2.31. The number of amides is 1. The minimum atomic E-state index is -0.193. The fourth-order valence-electron chi connectivity index (χ4n) is 1.99. The molecular formula is C13H18N4O2S. The molecule has 0 spiro atoms. The third-order valence-corrected chi connectivity index (χ3v) is 4.40. The summed E-state index contributed by atoms with van der Waals surface area (Å²) in [6.45, 7) is 2.71. The molecule has 0 aliphatic carbocycles. The largest absolute Gasteiger partial charge is 0.397 e. The number of nitrogens with two attached hydrogens (primary N) is 1. The molecule has 0 radical (unpaired) electrons. The number of thiophene rings is 1. The molecule has 1 amide bonds. The van der Waals surface area contributed by atoms with Crippen molar-refractivity contribution < 1.29 is 9.90 Å². The normalized spacial score (nSPS) is 12.5. The van der Waals surface area contributed by atoms with Crippen molar-refractivity contribution in [3.63, 3.8) is 0 Å². The Balaban J connectivity index is 2.09. The fraction of sp³-hybridized carbons (Fsp3) is 0.462. The summed E-state index contributed by atoms with van der Waals surface area (Å²) in [5, 5.41) is 20.3. The Morgan fingerprint density at radius 2 is 2.40 bits per heavy atom. The van der Waals surface area contributed by atoms with Gasteiger partial charge in [0.15, 0.2) is 0 Å². The van der Waals surface area contributed by atoms with Crippen LogP contribution in [-0.2, 0) is 0 Å². The molecule has 2 rings (SSSR count). The first-order chi connectivity index (χ1) is 9.67. The van der Waals surface area contributed by atoms with Gasteiger partial charge in [-0.15, -0.1) is 16.4 Å². The maximum atomic E-state index is 12.2. The topological polar surface area (TPSA) is 101 Å². The van der Waals surface area contributed by atoms with Crippen molar-refractivity contribution in [1.82, 2.24) is 15.5 Å². The minimum Gasteiger partial charge on any atom is -0.397 e. The number of fused-ring (bicyclic) bond motifs is 1. The van der Waals surface area contributed by atoms with E-state index in [9.17, 15) is 4.79 Å². The zero-order valence-electron chi connectivity index (χ0n) is 11.3. The van der Waals surface area contributed by atoms with E-state index in [4.69, 9.17) is 10.8 Å². The van der Waals surface area contributed by atoms with Gasteiger partial charge in [0.1, 0.15) is 9.71 Å². The number of aliphatic hydroxyl groups is 1. The van der Waals surface area contributed by atoms with Crippen molar-refractivity contribution in [3.8, 4) is 0 Å². The van der Waals surface area contributed by atoms with Crippen LogP contribution in [0.25, 0.3) is 10.2 Å². The molecule has 0 fully saturated rings. The number of hydrogen-bond acceptors (Lipinski definition) is 6. The SMILES string of the molecule is CCC(CCO)CNC(=O)c1sc2nnccc2c1N. The highest BCUT2D eigenvalue weighted by atomic mass is 32.1. The number of carbonyl (C=O) groups is 1. The summed E-state index contributed by atoms with van der Waals surface area (Å²) >= 11 is 1.24. The van der Waals surface area contributed by atoms with Crippen molar-refractivity contribution in [2.45, 2.75) is 19.8 Å². The van der Waals surface area contributed by atoms with Crippen molar-refractivity contribution in [1.29, 1.82) is 0 Å². The molecule has 0 saturated heterocycles. The molecule has 20 heavy (non-hydrogen) atoms. The zero-order chi connectivity index (χ0) is 14.5. The van der Waals surface area contributed by atoms with Crippen LogP contribution in [0.15, 0.2) is 12.3 Å². The van der Waals surface area contributed by atoms with Crippen LogP contribution in [0.2, 0.25) is 0 Å². The van der Waals surface area contributed by atoms with Gasteiger partial charge in [-0.1, -0.05) is 13.3 Å². The number of anilines is 1. The van der Waals surface area contributed by atoms with Gasteiger partial charge < -0.3 is 16.2 Å². The van der Waals surface area contributed by atoms with E-state index >= 15 is 0 Å². The van der Waals surface area contributed by atoms with Crippen LogP contribution in [-0.4, -0.2) is 34.4 Å². The summed E-state index contributed by atoms with van der Waals surface area (Å²) in [4.78, 5) is 13.3. The second-order valence-electron chi connectivity index (χ2n) is 4.59. The predicted octanol–water partition coefficient (Wildman–Crippen LogP) is 1.41.